The molecule has 3 nitrogen and oxygen atoms in total. The van der Waals surface area contributed by atoms with Gasteiger partial charge in [-0.15, -0.1) is 0 Å². The van der Waals surface area contributed by atoms with Gasteiger partial charge in [0.2, 0.25) is 5.91 Å². The highest BCUT2D eigenvalue weighted by Gasteiger charge is 2.25. The van der Waals surface area contributed by atoms with E-state index in [4.69, 9.17) is 11.6 Å². The van der Waals surface area contributed by atoms with Crippen LogP contribution in [0, 0.1) is 5.82 Å². The van der Waals surface area contributed by atoms with Gasteiger partial charge in [-0.05, 0) is 19.1 Å². The Balaban J connectivity index is 2.12. The summed E-state index contributed by atoms with van der Waals surface area (Å²) in [5.41, 5.74) is 0.497. The lowest BCUT2D eigenvalue weighted by Gasteiger charge is -2.31. The molecule has 0 spiro atoms. The fraction of sp³-hybridized carbons (Fsp3) is 0.417. The summed E-state index contributed by atoms with van der Waals surface area (Å²) in [4.78, 5) is 13.5. The molecule has 0 saturated carbocycles. The van der Waals surface area contributed by atoms with Crippen LogP contribution in [0.25, 0.3) is 0 Å². The van der Waals surface area contributed by atoms with Crippen molar-refractivity contribution >= 4 is 17.5 Å². The van der Waals surface area contributed by atoms with Crippen molar-refractivity contribution in [3.8, 4) is 0 Å². The summed E-state index contributed by atoms with van der Waals surface area (Å²) in [7, 11) is 0. The van der Waals surface area contributed by atoms with Crippen molar-refractivity contribution in [2.45, 2.75) is 19.5 Å². The first-order chi connectivity index (χ1) is 8.08. The molecule has 1 aromatic carbocycles. The molecule has 1 aliphatic heterocycles. The molecular formula is C12H14ClFN2O. The molecule has 0 aliphatic carbocycles. The number of halogens is 2. The lowest BCUT2D eigenvalue weighted by atomic mass is 10.1. The third-order valence-electron chi connectivity index (χ3n) is 2.89. The van der Waals surface area contributed by atoms with Crippen molar-refractivity contribution in [1.82, 2.24) is 10.2 Å². The summed E-state index contributed by atoms with van der Waals surface area (Å²) in [6, 6.07) is 4.33. The molecule has 0 radical (unpaired) electrons. The molecule has 1 fully saturated rings. The maximum Gasteiger partial charge on any atom is 0.239 e. The van der Waals surface area contributed by atoms with Crippen LogP contribution in [0.5, 0.6) is 0 Å². The topological polar surface area (TPSA) is 32.3 Å². The molecule has 2 rings (SSSR count). The second-order valence-electron chi connectivity index (χ2n) is 4.17. The molecular weight excluding hydrogens is 243 g/mol. The second kappa shape index (κ2) is 5.02. The quantitative estimate of drug-likeness (QED) is 0.875. The summed E-state index contributed by atoms with van der Waals surface area (Å²) in [6.45, 7) is 3.45. The lowest BCUT2D eigenvalue weighted by molar-refractivity contribution is -0.135. The van der Waals surface area contributed by atoms with Gasteiger partial charge in [-0.3, -0.25) is 4.79 Å². The van der Waals surface area contributed by atoms with Crippen LogP contribution in [0.2, 0.25) is 5.02 Å². The van der Waals surface area contributed by atoms with Gasteiger partial charge < -0.3 is 10.2 Å². The van der Waals surface area contributed by atoms with Crippen LogP contribution < -0.4 is 5.32 Å². The van der Waals surface area contributed by atoms with E-state index < -0.39 is 0 Å². The van der Waals surface area contributed by atoms with E-state index in [1.807, 2.05) is 6.92 Å². The minimum atomic E-state index is -0.364. The van der Waals surface area contributed by atoms with E-state index in [0.717, 1.165) is 6.54 Å². The highest BCUT2D eigenvalue weighted by molar-refractivity contribution is 6.30. The average molecular weight is 257 g/mol. The normalized spacial score (nSPS) is 20.8. The molecule has 5 heteroatoms. The molecule has 0 aromatic heterocycles. The van der Waals surface area contributed by atoms with E-state index >= 15 is 0 Å². The van der Waals surface area contributed by atoms with Gasteiger partial charge in [-0.1, -0.05) is 17.7 Å². The predicted molar refractivity (Wildman–Crippen MR) is 64.3 cm³/mol. The van der Waals surface area contributed by atoms with E-state index in [2.05, 4.69) is 5.32 Å². The smallest absolute Gasteiger partial charge is 0.239 e. The minimum Gasteiger partial charge on any atom is -0.336 e. The molecule has 1 amide bonds. The van der Waals surface area contributed by atoms with Crippen molar-refractivity contribution in [3.05, 3.63) is 34.6 Å². The summed E-state index contributed by atoms with van der Waals surface area (Å²) < 4.78 is 13.6. The molecule has 1 N–H and O–H groups in total. The Labute approximate surface area is 105 Å². The standard InChI is InChI=1S/C12H14ClFN2O/c1-8-12(17)16(5-4-15-8)7-9-2-3-10(13)6-11(9)14/h2-3,6,8,15H,4-5,7H2,1H3. The van der Waals surface area contributed by atoms with Crippen molar-refractivity contribution < 1.29 is 9.18 Å². The number of amides is 1. The van der Waals surface area contributed by atoms with Crippen LogP contribution in [-0.4, -0.2) is 29.9 Å². The van der Waals surface area contributed by atoms with E-state index in [-0.39, 0.29) is 17.8 Å². The van der Waals surface area contributed by atoms with Crippen molar-refractivity contribution in [2.24, 2.45) is 0 Å². The second-order valence-corrected chi connectivity index (χ2v) is 4.61. The zero-order valence-corrected chi connectivity index (χ0v) is 10.3. The number of carbonyl (C=O) groups excluding carboxylic acids is 1. The first-order valence-electron chi connectivity index (χ1n) is 5.54. The highest BCUT2D eigenvalue weighted by atomic mass is 35.5. The maximum atomic E-state index is 13.6. The number of hydrogen-bond donors (Lipinski definition) is 1. The van der Waals surface area contributed by atoms with Gasteiger partial charge in [0, 0.05) is 30.2 Å². The van der Waals surface area contributed by atoms with Crippen molar-refractivity contribution in [2.75, 3.05) is 13.1 Å². The van der Waals surface area contributed by atoms with E-state index in [0.29, 0.717) is 23.7 Å². The van der Waals surface area contributed by atoms with Gasteiger partial charge in [0.1, 0.15) is 5.82 Å². The molecule has 1 aliphatic rings. The number of nitrogens with one attached hydrogen (secondary N) is 1. The first kappa shape index (κ1) is 12.3. The van der Waals surface area contributed by atoms with Gasteiger partial charge in [0.15, 0.2) is 0 Å². The van der Waals surface area contributed by atoms with Crippen molar-refractivity contribution in [3.63, 3.8) is 0 Å². The SMILES string of the molecule is CC1NCCN(Cc2ccc(Cl)cc2F)C1=O. The van der Waals surface area contributed by atoms with Crippen molar-refractivity contribution in [1.29, 1.82) is 0 Å². The van der Waals surface area contributed by atoms with Gasteiger partial charge in [-0.2, -0.15) is 0 Å². The Morgan fingerprint density at radius 2 is 2.35 bits per heavy atom. The Kier molecular flexibility index (Phi) is 3.64. The molecule has 1 saturated heterocycles. The zero-order valence-electron chi connectivity index (χ0n) is 9.54. The Bertz CT molecular complexity index is 439. The molecule has 1 heterocycles. The molecule has 1 aromatic rings. The van der Waals surface area contributed by atoms with E-state index in [1.165, 1.54) is 6.07 Å². The molecule has 92 valence electrons. The van der Waals surface area contributed by atoms with Gasteiger partial charge in [0.05, 0.1) is 6.04 Å². The maximum absolute atomic E-state index is 13.6. The average Bonchev–Trinajstić information content (AvgIpc) is 2.28. The number of carbonyl (C=O) groups is 1. The minimum absolute atomic E-state index is 0.00519. The first-order valence-corrected chi connectivity index (χ1v) is 5.92. The third kappa shape index (κ3) is 2.76. The Morgan fingerprint density at radius 1 is 1.59 bits per heavy atom. The Hall–Kier alpha value is -1.13. The highest BCUT2D eigenvalue weighted by Crippen LogP contribution is 2.17. The monoisotopic (exact) mass is 256 g/mol. The van der Waals surface area contributed by atoms with Crippen LogP contribution in [0.4, 0.5) is 4.39 Å². The predicted octanol–water partition coefficient (Wildman–Crippen LogP) is 1.80. The van der Waals surface area contributed by atoms with Crippen LogP contribution in [0.3, 0.4) is 0 Å². The van der Waals surface area contributed by atoms with Gasteiger partial charge in [-0.25, -0.2) is 4.39 Å². The molecule has 1 unspecified atom stereocenters. The zero-order chi connectivity index (χ0) is 12.4. The summed E-state index contributed by atoms with van der Waals surface area (Å²) >= 11 is 5.68. The van der Waals surface area contributed by atoms with Crippen LogP contribution in [-0.2, 0) is 11.3 Å². The van der Waals surface area contributed by atoms with Crippen LogP contribution in [0.15, 0.2) is 18.2 Å². The summed E-state index contributed by atoms with van der Waals surface area (Å²) in [5.74, 6) is -0.359. The number of nitrogens with zero attached hydrogens (tertiary/aromatic N) is 1. The fourth-order valence-electron chi connectivity index (χ4n) is 1.90. The summed E-state index contributed by atoms with van der Waals surface area (Å²) in [5, 5.41) is 3.43. The lowest BCUT2D eigenvalue weighted by Crippen LogP contribution is -2.53. The van der Waals surface area contributed by atoms with Gasteiger partial charge >= 0.3 is 0 Å². The summed E-state index contributed by atoms with van der Waals surface area (Å²) in [6.07, 6.45) is 0. The fourth-order valence-corrected chi connectivity index (χ4v) is 2.06. The number of benzene rings is 1. The van der Waals surface area contributed by atoms with Crippen LogP contribution in [0.1, 0.15) is 12.5 Å². The van der Waals surface area contributed by atoms with Gasteiger partial charge in [0.25, 0.3) is 0 Å². The Morgan fingerprint density at radius 3 is 3.06 bits per heavy atom. The van der Waals surface area contributed by atoms with E-state index in [9.17, 15) is 9.18 Å². The largest absolute Gasteiger partial charge is 0.336 e. The van der Waals surface area contributed by atoms with E-state index in [1.54, 1.807) is 17.0 Å². The third-order valence-corrected chi connectivity index (χ3v) is 3.13. The molecule has 1 atom stereocenters. The number of rotatable bonds is 2. The molecule has 0 bridgehead atoms. The molecule has 17 heavy (non-hydrogen) atoms. The van der Waals surface area contributed by atoms with Crippen LogP contribution >= 0.6 is 11.6 Å². The number of hydrogen-bond acceptors (Lipinski definition) is 2. The number of piperazine rings is 1.